The van der Waals surface area contributed by atoms with E-state index in [-0.39, 0.29) is 5.82 Å². The Balaban J connectivity index is 1.75. The molecule has 4 rings (SSSR count). The Morgan fingerprint density at radius 2 is 1.66 bits per heavy atom. The van der Waals surface area contributed by atoms with Crippen LogP contribution in [0.25, 0.3) is 21.7 Å². The van der Waals surface area contributed by atoms with Gasteiger partial charge in [0, 0.05) is 9.58 Å². The number of thiophene rings is 1. The summed E-state index contributed by atoms with van der Waals surface area (Å²) < 4.78 is 15.2. The van der Waals surface area contributed by atoms with Gasteiger partial charge in [0.25, 0.3) is 0 Å². The van der Waals surface area contributed by atoms with E-state index >= 15 is 0 Å². The highest BCUT2D eigenvalue weighted by atomic mass is 32.1. The van der Waals surface area contributed by atoms with Crippen molar-refractivity contribution in [3.63, 3.8) is 0 Å². The van der Waals surface area contributed by atoms with Crippen LogP contribution in [0.1, 0.15) is 52.1 Å². The lowest BCUT2D eigenvalue weighted by atomic mass is 9.91. The lowest BCUT2D eigenvalue weighted by molar-refractivity contribution is 0.625. The van der Waals surface area contributed by atoms with Crippen molar-refractivity contribution in [3.8, 4) is 0 Å². The molecule has 32 heavy (non-hydrogen) atoms. The molecule has 0 saturated carbocycles. The first kappa shape index (κ1) is 22.2. The quantitative estimate of drug-likeness (QED) is 0.281. The molecular weight excluding hydrogens is 411 g/mol. The zero-order chi connectivity index (χ0) is 22.8. The molecule has 0 aliphatic carbocycles. The van der Waals surface area contributed by atoms with Crippen LogP contribution in [0.15, 0.2) is 73.3 Å². The van der Waals surface area contributed by atoms with Crippen molar-refractivity contribution in [2.24, 2.45) is 5.92 Å². The molecule has 0 radical (unpaired) electrons. The second-order valence-corrected chi connectivity index (χ2v) is 9.87. The van der Waals surface area contributed by atoms with Crippen molar-refractivity contribution in [2.45, 2.75) is 34.1 Å². The molecule has 4 aromatic rings. The molecular formula is C30H29FS. The largest absolute Gasteiger partial charge is 0.207 e. The van der Waals surface area contributed by atoms with Crippen LogP contribution in [-0.2, 0) is 6.42 Å². The van der Waals surface area contributed by atoms with Gasteiger partial charge in [0.05, 0.1) is 0 Å². The summed E-state index contributed by atoms with van der Waals surface area (Å²) >= 11 is 1.78. The maximum atomic E-state index is 13.9. The summed E-state index contributed by atoms with van der Waals surface area (Å²) in [5, 5.41) is 1.27. The Morgan fingerprint density at radius 3 is 2.31 bits per heavy atom. The molecule has 0 fully saturated rings. The molecule has 162 valence electrons. The number of benzene rings is 3. The maximum Gasteiger partial charge on any atom is 0.123 e. The molecule has 0 N–H and O–H groups in total. The number of rotatable bonds is 6. The van der Waals surface area contributed by atoms with Gasteiger partial charge in [0.2, 0.25) is 0 Å². The van der Waals surface area contributed by atoms with Crippen LogP contribution < -0.4 is 0 Å². The van der Waals surface area contributed by atoms with E-state index in [1.807, 2.05) is 13.8 Å². The van der Waals surface area contributed by atoms with Gasteiger partial charge < -0.3 is 0 Å². The van der Waals surface area contributed by atoms with E-state index in [2.05, 4.69) is 81.1 Å². The van der Waals surface area contributed by atoms with E-state index in [1.165, 1.54) is 31.7 Å². The number of hydrogen-bond donors (Lipinski definition) is 0. The van der Waals surface area contributed by atoms with Gasteiger partial charge in [-0.2, -0.15) is 0 Å². The van der Waals surface area contributed by atoms with Gasteiger partial charge in [-0.25, -0.2) is 4.39 Å². The topological polar surface area (TPSA) is 0 Å². The maximum absolute atomic E-state index is 13.9. The summed E-state index contributed by atoms with van der Waals surface area (Å²) in [6.45, 7) is 12.8. The van der Waals surface area contributed by atoms with Crippen LogP contribution in [0, 0.1) is 25.6 Å². The summed E-state index contributed by atoms with van der Waals surface area (Å²) in [5.74, 6) is 0.346. The Kier molecular flexibility index (Phi) is 6.43. The van der Waals surface area contributed by atoms with E-state index in [0.29, 0.717) is 5.92 Å². The smallest absolute Gasteiger partial charge is 0.123 e. The van der Waals surface area contributed by atoms with Gasteiger partial charge >= 0.3 is 0 Å². The van der Waals surface area contributed by atoms with Crippen LogP contribution in [0.4, 0.5) is 4.39 Å². The van der Waals surface area contributed by atoms with E-state index < -0.39 is 0 Å². The number of allylic oxidation sites excluding steroid dienone is 1. The van der Waals surface area contributed by atoms with Gasteiger partial charge in [0.1, 0.15) is 5.82 Å². The van der Waals surface area contributed by atoms with E-state index in [9.17, 15) is 4.39 Å². The van der Waals surface area contributed by atoms with Gasteiger partial charge in [-0.15, -0.1) is 11.3 Å². The highest BCUT2D eigenvalue weighted by Crippen LogP contribution is 2.40. The Labute approximate surface area is 194 Å². The fourth-order valence-electron chi connectivity index (χ4n) is 4.27. The predicted octanol–water partition coefficient (Wildman–Crippen LogP) is 8.98. The minimum Gasteiger partial charge on any atom is -0.207 e. The van der Waals surface area contributed by atoms with Crippen molar-refractivity contribution in [3.05, 3.63) is 117 Å². The molecule has 0 unspecified atom stereocenters. The van der Waals surface area contributed by atoms with Crippen molar-refractivity contribution >= 4 is 33.1 Å². The van der Waals surface area contributed by atoms with E-state index in [1.54, 1.807) is 23.5 Å². The van der Waals surface area contributed by atoms with Gasteiger partial charge in [-0.1, -0.05) is 75.0 Å². The third-order valence-corrected chi connectivity index (χ3v) is 7.08. The average Bonchev–Trinajstić information content (AvgIpc) is 3.11. The highest BCUT2D eigenvalue weighted by molar-refractivity contribution is 7.20. The molecule has 1 aromatic heterocycles. The normalized spacial score (nSPS) is 11.7. The SMILES string of the molecule is C=C(c1sc2ccccc2c1Cc1ccc(/C=C/C(C)C)cc1)c1c(C)cc(F)cc1C. The molecule has 0 bridgehead atoms. The third kappa shape index (κ3) is 4.61. The van der Waals surface area contributed by atoms with Crippen LogP contribution >= 0.6 is 11.3 Å². The van der Waals surface area contributed by atoms with Gasteiger partial charge in [0.15, 0.2) is 0 Å². The monoisotopic (exact) mass is 440 g/mol. The number of hydrogen-bond acceptors (Lipinski definition) is 1. The van der Waals surface area contributed by atoms with E-state index in [4.69, 9.17) is 0 Å². The molecule has 0 nitrogen and oxygen atoms in total. The minimum absolute atomic E-state index is 0.195. The molecule has 0 aliphatic rings. The first-order chi connectivity index (χ1) is 15.3. The molecule has 2 heteroatoms. The summed E-state index contributed by atoms with van der Waals surface area (Å²) in [7, 11) is 0. The fraction of sp³-hybridized carbons (Fsp3) is 0.200. The van der Waals surface area contributed by atoms with Crippen molar-refractivity contribution in [2.75, 3.05) is 0 Å². The first-order valence-electron chi connectivity index (χ1n) is 11.1. The number of halogens is 1. The Bertz CT molecular complexity index is 1280. The third-order valence-electron chi connectivity index (χ3n) is 5.81. The van der Waals surface area contributed by atoms with Gasteiger partial charge in [-0.3, -0.25) is 0 Å². The minimum atomic E-state index is -0.195. The molecule has 0 saturated heterocycles. The van der Waals surface area contributed by atoms with Crippen molar-refractivity contribution in [1.29, 1.82) is 0 Å². The van der Waals surface area contributed by atoms with Crippen molar-refractivity contribution < 1.29 is 4.39 Å². The molecule has 0 aliphatic heterocycles. The van der Waals surface area contributed by atoms with Crippen LogP contribution in [0.3, 0.4) is 0 Å². The summed E-state index contributed by atoms with van der Waals surface area (Å²) in [4.78, 5) is 1.19. The molecule has 0 spiro atoms. The summed E-state index contributed by atoms with van der Waals surface area (Å²) in [5.41, 5.74) is 7.68. The predicted molar refractivity (Wildman–Crippen MR) is 139 cm³/mol. The van der Waals surface area contributed by atoms with Crippen molar-refractivity contribution in [1.82, 2.24) is 0 Å². The lowest BCUT2D eigenvalue weighted by Gasteiger charge is -2.14. The zero-order valence-electron chi connectivity index (χ0n) is 19.2. The number of aryl methyl sites for hydroxylation is 2. The lowest BCUT2D eigenvalue weighted by Crippen LogP contribution is -1.98. The molecule has 3 aromatic carbocycles. The molecule has 1 heterocycles. The second kappa shape index (κ2) is 9.26. The Morgan fingerprint density at radius 1 is 1.00 bits per heavy atom. The van der Waals surface area contributed by atoms with Crippen LogP contribution in [0.5, 0.6) is 0 Å². The second-order valence-electron chi connectivity index (χ2n) is 8.82. The fourth-order valence-corrected chi connectivity index (χ4v) is 5.47. The Hall–Kier alpha value is -2.97. The summed E-state index contributed by atoms with van der Waals surface area (Å²) in [6.07, 6.45) is 5.24. The molecule has 0 amide bonds. The zero-order valence-corrected chi connectivity index (χ0v) is 20.0. The van der Waals surface area contributed by atoms with Gasteiger partial charge in [-0.05, 0) is 88.7 Å². The summed E-state index contributed by atoms with van der Waals surface area (Å²) in [6, 6.07) is 20.6. The van der Waals surface area contributed by atoms with E-state index in [0.717, 1.165) is 28.7 Å². The van der Waals surface area contributed by atoms with Crippen LogP contribution in [-0.4, -0.2) is 0 Å². The van der Waals surface area contributed by atoms with Crippen LogP contribution in [0.2, 0.25) is 0 Å². The highest BCUT2D eigenvalue weighted by Gasteiger charge is 2.19. The first-order valence-corrected chi connectivity index (χ1v) is 11.9. The average molecular weight is 441 g/mol. The standard InChI is InChI=1S/C30H29FS/c1-19(2)10-11-23-12-14-24(15-13-23)18-27-26-8-6-7-9-28(26)32-30(27)22(5)29-20(3)16-25(31)17-21(29)4/h6-17,19H,5,18H2,1-4H3/b11-10+. The molecule has 0 atom stereocenters. The number of fused-ring (bicyclic) bond motifs is 1.